The summed E-state index contributed by atoms with van der Waals surface area (Å²) in [6, 6.07) is 9.69. The first-order valence-corrected chi connectivity index (χ1v) is 7.68. The molecule has 2 heterocycles. The third-order valence-corrected chi connectivity index (χ3v) is 3.98. The number of nitrogens with zero attached hydrogens (tertiary/aromatic N) is 4. The molecule has 6 nitrogen and oxygen atoms in total. The van der Waals surface area contributed by atoms with Crippen molar-refractivity contribution in [3.05, 3.63) is 53.6 Å². The van der Waals surface area contributed by atoms with Gasteiger partial charge in [0.2, 0.25) is 5.82 Å². The molecule has 0 radical (unpaired) electrons. The van der Waals surface area contributed by atoms with Crippen LogP contribution in [0.15, 0.2) is 36.5 Å². The van der Waals surface area contributed by atoms with E-state index in [0.29, 0.717) is 11.7 Å². The maximum Gasteiger partial charge on any atom is 0.295 e. The normalized spacial score (nSPS) is 12.3. The minimum Gasteiger partial charge on any atom is -0.319 e. The smallest absolute Gasteiger partial charge is 0.295 e. The molecule has 3 rings (SSSR count). The standard InChI is InChI=1S/C17H19N5O/c1-4-11(2)13-5-7-14(8-6-13)19-16(23)15-20-17-18-10-9-12(3)22(17)21-15/h5-11H,4H2,1-3H3,(H,19,23)/t11-/m1/s1. The summed E-state index contributed by atoms with van der Waals surface area (Å²) >= 11 is 0. The van der Waals surface area contributed by atoms with E-state index in [9.17, 15) is 4.79 Å². The average molecular weight is 309 g/mol. The lowest BCUT2D eigenvalue weighted by Gasteiger charge is -2.09. The van der Waals surface area contributed by atoms with Crippen molar-refractivity contribution in [2.75, 3.05) is 5.32 Å². The SMILES string of the molecule is CC[C@@H](C)c1ccc(NC(=O)c2nc3nccc(C)n3n2)cc1. The Labute approximate surface area is 134 Å². The van der Waals surface area contributed by atoms with Crippen LogP contribution in [0.2, 0.25) is 0 Å². The van der Waals surface area contributed by atoms with E-state index in [1.807, 2.05) is 37.3 Å². The van der Waals surface area contributed by atoms with Crippen LogP contribution >= 0.6 is 0 Å². The van der Waals surface area contributed by atoms with Crippen molar-refractivity contribution in [3.63, 3.8) is 0 Å². The molecule has 0 spiro atoms. The number of aromatic nitrogens is 4. The van der Waals surface area contributed by atoms with Gasteiger partial charge in [-0.15, -0.1) is 5.10 Å². The third kappa shape index (κ3) is 3.06. The summed E-state index contributed by atoms with van der Waals surface area (Å²) in [6.45, 7) is 6.23. The lowest BCUT2D eigenvalue weighted by molar-refractivity contribution is 0.101. The molecule has 6 heteroatoms. The number of rotatable bonds is 4. The molecule has 0 aliphatic carbocycles. The molecule has 3 aromatic rings. The molecule has 2 aromatic heterocycles. The van der Waals surface area contributed by atoms with E-state index in [1.165, 1.54) is 5.56 Å². The van der Waals surface area contributed by atoms with Gasteiger partial charge in [-0.3, -0.25) is 4.79 Å². The van der Waals surface area contributed by atoms with Crippen LogP contribution in [0.25, 0.3) is 5.78 Å². The quantitative estimate of drug-likeness (QED) is 0.803. The highest BCUT2D eigenvalue weighted by atomic mass is 16.2. The lowest BCUT2D eigenvalue weighted by atomic mass is 9.99. The van der Waals surface area contributed by atoms with Crippen LogP contribution in [-0.4, -0.2) is 25.5 Å². The number of amides is 1. The van der Waals surface area contributed by atoms with Gasteiger partial charge in [0.05, 0.1) is 0 Å². The van der Waals surface area contributed by atoms with Crippen molar-refractivity contribution >= 4 is 17.4 Å². The summed E-state index contributed by atoms with van der Waals surface area (Å²) in [5, 5.41) is 7.02. The molecule has 118 valence electrons. The second-order valence-corrected chi connectivity index (χ2v) is 5.62. The number of nitrogens with one attached hydrogen (secondary N) is 1. The molecular formula is C17H19N5O. The molecule has 1 atom stereocenters. The van der Waals surface area contributed by atoms with E-state index in [2.05, 4.69) is 34.2 Å². The zero-order valence-corrected chi connectivity index (χ0v) is 13.4. The Morgan fingerprint density at radius 2 is 2.00 bits per heavy atom. The fourth-order valence-corrected chi connectivity index (χ4v) is 2.32. The highest BCUT2D eigenvalue weighted by Crippen LogP contribution is 2.20. The lowest BCUT2D eigenvalue weighted by Crippen LogP contribution is -2.14. The van der Waals surface area contributed by atoms with Gasteiger partial charge in [0, 0.05) is 17.6 Å². The molecule has 1 aromatic carbocycles. The number of benzene rings is 1. The maximum absolute atomic E-state index is 12.3. The minimum absolute atomic E-state index is 0.109. The minimum atomic E-state index is -0.341. The van der Waals surface area contributed by atoms with Crippen molar-refractivity contribution < 1.29 is 4.79 Å². The first kappa shape index (κ1) is 15.1. The number of fused-ring (bicyclic) bond motifs is 1. The van der Waals surface area contributed by atoms with E-state index in [4.69, 9.17) is 0 Å². The molecule has 0 unspecified atom stereocenters. The van der Waals surface area contributed by atoms with Crippen LogP contribution in [0.5, 0.6) is 0 Å². The van der Waals surface area contributed by atoms with Crippen LogP contribution < -0.4 is 5.32 Å². The van der Waals surface area contributed by atoms with E-state index in [0.717, 1.165) is 17.8 Å². The maximum atomic E-state index is 12.3. The largest absolute Gasteiger partial charge is 0.319 e. The molecule has 1 amide bonds. The fourth-order valence-electron chi connectivity index (χ4n) is 2.32. The van der Waals surface area contributed by atoms with Crippen LogP contribution in [0, 0.1) is 6.92 Å². The summed E-state index contributed by atoms with van der Waals surface area (Å²) in [5.41, 5.74) is 2.86. The number of hydrogen-bond acceptors (Lipinski definition) is 4. The summed E-state index contributed by atoms with van der Waals surface area (Å²) in [7, 11) is 0. The van der Waals surface area contributed by atoms with Crippen molar-refractivity contribution in [1.29, 1.82) is 0 Å². The van der Waals surface area contributed by atoms with Gasteiger partial charge in [-0.05, 0) is 43.0 Å². The van der Waals surface area contributed by atoms with E-state index in [1.54, 1.807) is 10.7 Å². The van der Waals surface area contributed by atoms with Gasteiger partial charge in [0.1, 0.15) is 0 Å². The van der Waals surface area contributed by atoms with Crippen molar-refractivity contribution in [2.45, 2.75) is 33.1 Å². The van der Waals surface area contributed by atoms with Gasteiger partial charge >= 0.3 is 0 Å². The first-order chi connectivity index (χ1) is 11.1. The first-order valence-electron chi connectivity index (χ1n) is 7.68. The van der Waals surface area contributed by atoms with Gasteiger partial charge in [-0.25, -0.2) is 9.50 Å². The summed E-state index contributed by atoms with van der Waals surface area (Å²) in [6.07, 6.45) is 2.73. The van der Waals surface area contributed by atoms with Gasteiger partial charge in [0.15, 0.2) is 0 Å². The molecule has 0 saturated heterocycles. The average Bonchev–Trinajstić information content (AvgIpc) is 3.00. The third-order valence-electron chi connectivity index (χ3n) is 3.98. The predicted octanol–water partition coefficient (Wildman–Crippen LogP) is 3.20. The Morgan fingerprint density at radius 1 is 1.26 bits per heavy atom. The number of aryl methyl sites for hydroxylation is 1. The number of anilines is 1. The van der Waals surface area contributed by atoms with E-state index >= 15 is 0 Å². The highest BCUT2D eigenvalue weighted by Gasteiger charge is 2.14. The van der Waals surface area contributed by atoms with E-state index in [-0.39, 0.29) is 11.7 Å². The second kappa shape index (κ2) is 6.16. The van der Waals surface area contributed by atoms with Gasteiger partial charge in [0.25, 0.3) is 11.7 Å². The molecule has 0 aliphatic rings. The second-order valence-electron chi connectivity index (χ2n) is 5.62. The Morgan fingerprint density at radius 3 is 2.65 bits per heavy atom. The molecule has 0 aliphatic heterocycles. The molecule has 1 N–H and O–H groups in total. The number of carbonyl (C=O) groups excluding carboxylic acids is 1. The van der Waals surface area contributed by atoms with Crippen LogP contribution in [-0.2, 0) is 0 Å². The Balaban J connectivity index is 1.79. The Kier molecular flexibility index (Phi) is 4.06. The predicted molar refractivity (Wildman–Crippen MR) is 88.6 cm³/mol. The van der Waals surface area contributed by atoms with Gasteiger partial charge in [-0.2, -0.15) is 4.98 Å². The number of hydrogen-bond donors (Lipinski definition) is 1. The zero-order valence-electron chi connectivity index (χ0n) is 13.4. The molecular weight excluding hydrogens is 290 g/mol. The van der Waals surface area contributed by atoms with Crippen LogP contribution in [0.3, 0.4) is 0 Å². The summed E-state index contributed by atoms with van der Waals surface area (Å²) < 4.78 is 1.56. The summed E-state index contributed by atoms with van der Waals surface area (Å²) in [5.74, 6) is 0.695. The molecule has 0 fully saturated rings. The van der Waals surface area contributed by atoms with Crippen molar-refractivity contribution in [3.8, 4) is 0 Å². The molecule has 0 bridgehead atoms. The molecule has 0 saturated carbocycles. The Hall–Kier alpha value is -2.76. The van der Waals surface area contributed by atoms with Crippen molar-refractivity contribution in [1.82, 2.24) is 19.6 Å². The fraction of sp³-hybridized carbons (Fsp3) is 0.294. The Bertz CT molecular complexity index is 838. The van der Waals surface area contributed by atoms with Crippen molar-refractivity contribution in [2.24, 2.45) is 0 Å². The topological polar surface area (TPSA) is 72.2 Å². The number of carbonyl (C=O) groups is 1. The monoisotopic (exact) mass is 309 g/mol. The van der Waals surface area contributed by atoms with Gasteiger partial charge in [-0.1, -0.05) is 26.0 Å². The summed E-state index contributed by atoms with van der Waals surface area (Å²) in [4.78, 5) is 20.6. The van der Waals surface area contributed by atoms with Crippen LogP contribution in [0.4, 0.5) is 5.69 Å². The van der Waals surface area contributed by atoms with Crippen LogP contribution in [0.1, 0.15) is 48.1 Å². The van der Waals surface area contributed by atoms with E-state index < -0.39 is 0 Å². The zero-order chi connectivity index (χ0) is 16.4. The van der Waals surface area contributed by atoms with Gasteiger partial charge < -0.3 is 5.32 Å². The molecule has 23 heavy (non-hydrogen) atoms. The highest BCUT2D eigenvalue weighted by molar-refractivity contribution is 6.01.